The second kappa shape index (κ2) is 5.88. The number of rotatable bonds is 4. The number of nitrogens with zero attached hydrogens (tertiary/aromatic N) is 2. The van der Waals surface area contributed by atoms with Crippen molar-refractivity contribution in [3.05, 3.63) is 53.3 Å². The summed E-state index contributed by atoms with van der Waals surface area (Å²) in [7, 11) is 0. The highest BCUT2D eigenvalue weighted by Gasteiger charge is 2.16. The highest BCUT2D eigenvalue weighted by atomic mass is 32.1. The first-order valence-electron chi connectivity index (χ1n) is 6.57. The van der Waals surface area contributed by atoms with E-state index < -0.39 is 0 Å². The Morgan fingerprint density at radius 2 is 2.05 bits per heavy atom. The molecule has 3 rings (SSSR count). The van der Waals surface area contributed by atoms with Gasteiger partial charge in [-0.05, 0) is 24.3 Å². The lowest BCUT2D eigenvalue weighted by Gasteiger charge is -2.04. The molecular weight excluding hydrogens is 284 g/mol. The van der Waals surface area contributed by atoms with Gasteiger partial charge in [0.25, 0.3) is 5.91 Å². The molecule has 106 valence electrons. The molecule has 0 aliphatic rings. The van der Waals surface area contributed by atoms with Gasteiger partial charge in [-0.1, -0.05) is 6.07 Å². The number of amides is 1. The molecule has 0 aliphatic carbocycles. The zero-order chi connectivity index (χ0) is 14.7. The van der Waals surface area contributed by atoms with Crippen LogP contribution in [0.5, 0.6) is 0 Å². The lowest BCUT2D eigenvalue weighted by molar-refractivity contribution is 0.0959. The molecule has 0 unspecified atom stereocenters. The van der Waals surface area contributed by atoms with Crippen LogP contribution in [0.1, 0.15) is 15.4 Å². The molecule has 21 heavy (non-hydrogen) atoms. The van der Waals surface area contributed by atoms with Gasteiger partial charge in [-0.25, -0.2) is 0 Å². The minimum Gasteiger partial charge on any atom is -0.396 e. The quantitative estimate of drug-likeness (QED) is 0.774. The summed E-state index contributed by atoms with van der Waals surface area (Å²) < 4.78 is 0.921. The topological polar surface area (TPSA) is 80.9 Å². The summed E-state index contributed by atoms with van der Waals surface area (Å²) in [5.41, 5.74) is 8.09. The molecule has 6 heteroatoms. The minimum atomic E-state index is -0.161. The molecule has 0 atom stereocenters. The number of nitrogens with two attached hydrogens (primary N) is 1. The van der Waals surface area contributed by atoms with Crippen LogP contribution in [-0.2, 0) is 6.42 Å². The Hall–Kier alpha value is -2.47. The van der Waals surface area contributed by atoms with Gasteiger partial charge in [0.1, 0.15) is 10.4 Å². The first kappa shape index (κ1) is 13.5. The third-order valence-corrected chi connectivity index (χ3v) is 4.24. The van der Waals surface area contributed by atoms with Crippen molar-refractivity contribution < 1.29 is 4.79 Å². The van der Waals surface area contributed by atoms with E-state index in [1.54, 1.807) is 12.4 Å². The normalized spacial score (nSPS) is 10.7. The predicted molar refractivity (Wildman–Crippen MR) is 84.3 cm³/mol. The molecule has 0 spiro atoms. The third-order valence-electron chi connectivity index (χ3n) is 3.08. The van der Waals surface area contributed by atoms with Crippen molar-refractivity contribution in [3.63, 3.8) is 0 Å². The molecule has 0 saturated carbocycles. The largest absolute Gasteiger partial charge is 0.396 e. The number of fused-ring (bicyclic) bond motifs is 1. The molecular formula is C15H14N4OS. The van der Waals surface area contributed by atoms with Gasteiger partial charge < -0.3 is 11.1 Å². The maximum atomic E-state index is 12.2. The fourth-order valence-electron chi connectivity index (χ4n) is 2.05. The van der Waals surface area contributed by atoms with E-state index in [4.69, 9.17) is 5.73 Å². The summed E-state index contributed by atoms with van der Waals surface area (Å²) >= 11 is 1.36. The van der Waals surface area contributed by atoms with E-state index in [-0.39, 0.29) is 5.91 Å². The number of carbonyl (C=O) groups excluding carboxylic acids is 1. The third kappa shape index (κ3) is 2.85. The SMILES string of the molecule is Nc1c(C(=O)NCCc2ccccn2)sc2cccnc12. The van der Waals surface area contributed by atoms with E-state index in [1.165, 1.54) is 11.3 Å². The minimum absolute atomic E-state index is 0.161. The fourth-order valence-corrected chi connectivity index (χ4v) is 3.04. The van der Waals surface area contributed by atoms with Gasteiger partial charge in [0.05, 0.1) is 10.4 Å². The molecule has 0 radical (unpaired) electrons. The number of carbonyl (C=O) groups is 1. The van der Waals surface area contributed by atoms with Crippen LogP contribution in [0.3, 0.4) is 0 Å². The average molecular weight is 298 g/mol. The number of hydrogen-bond donors (Lipinski definition) is 2. The van der Waals surface area contributed by atoms with Crippen LogP contribution in [0.25, 0.3) is 10.2 Å². The molecule has 3 N–H and O–H groups in total. The fraction of sp³-hybridized carbons (Fsp3) is 0.133. The Balaban J connectivity index is 1.68. The van der Waals surface area contributed by atoms with Gasteiger partial charge in [-0.2, -0.15) is 0 Å². The Morgan fingerprint density at radius 1 is 1.19 bits per heavy atom. The molecule has 0 aromatic carbocycles. The van der Waals surface area contributed by atoms with Crippen LogP contribution in [0.15, 0.2) is 42.7 Å². The summed E-state index contributed by atoms with van der Waals surface area (Å²) in [4.78, 5) is 21.1. The first-order chi connectivity index (χ1) is 10.3. The van der Waals surface area contributed by atoms with Crippen LogP contribution in [0, 0.1) is 0 Å². The summed E-state index contributed by atoms with van der Waals surface area (Å²) in [5, 5.41) is 2.87. The van der Waals surface area contributed by atoms with Crippen molar-refractivity contribution in [3.8, 4) is 0 Å². The molecule has 5 nitrogen and oxygen atoms in total. The van der Waals surface area contributed by atoms with Crippen LogP contribution < -0.4 is 11.1 Å². The van der Waals surface area contributed by atoms with Crippen molar-refractivity contribution in [2.24, 2.45) is 0 Å². The maximum absolute atomic E-state index is 12.2. The second-order valence-corrected chi connectivity index (χ2v) is 5.57. The molecule has 0 bridgehead atoms. The predicted octanol–water partition coefficient (Wildman–Crippen LogP) is 2.25. The zero-order valence-electron chi connectivity index (χ0n) is 11.2. The standard InChI is InChI=1S/C15H14N4OS/c16-12-13-11(5-3-8-18-13)21-14(12)15(20)19-9-6-10-4-1-2-7-17-10/h1-5,7-8H,6,9,16H2,(H,19,20). The van der Waals surface area contributed by atoms with Gasteiger partial charge >= 0.3 is 0 Å². The number of hydrogen-bond acceptors (Lipinski definition) is 5. The Labute approximate surface area is 125 Å². The number of nitrogen functional groups attached to an aromatic ring is 1. The number of thiophene rings is 1. The van der Waals surface area contributed by atoms with E-state index in [1.807, 2.05) is 30.3 Å². The molecule has 3 heterocycles. The smallest absolute Gasteiger partial charge is 0.263 e. The lowest BCUT2D eigenvalue weighted by atomic mass is 10.2. The van der Waals surface area contributed by atoms with E-state index in [9.17, 15) is 4.79 Å². The zero-order valence-corrected chi connectivity index (χ0v) is 12.1. The van der Waals surface area contributed by atoms with Gasteiger partial charge in [0, 0.05) is 31.1 Å². The Kier molecular flexibility index (Phi) is 3.79. The second-order valence-electron chi connectivity index (χ2n) is 4.52. The van der Waals surface area contributed by atoms with Crippen LogP contribution in [-0.4, -0.2) is 22.4 Å². The summed E-state index contributed by atoms with van der Waals surface area (Å²) in [5.74, 6) is -0.161. The van der Waals surface area contributed by atoms with Crippen molar-refractivity contribution in [1.82, 2.24) is 15.3 Å². The van der Waals surface area contributed by atoms with E-state index in [0.717, 1.165) is 10.4 Å². The van der Waals surface area contributed by atoms with Gasteiger partial charge in [0.15, 0.2) is 0 Å². The number of nitrogens with one attached hydrogen (secondary N) is 1. The van der Waals surface area contributed by atoms with Gasteiger partial charge in [-0.3, -0.25) is 14.8 Å². The number of pyridine rings is 2. The molecule has 0 aliphatic heterocycles. The molecule has 3 aromatic rings. The van der Waals surface area contributed by atoms with Crippen LogP contribution in [0.2, 0.25) is 0 Å². The molecule has 0 saturated heterocycles. The monoisotopic (exact) mass is 298 g/mol. The van der Waals surface area contributed by atoms with Crippen molar-refractivity contribution in [2.75, 3.05) is 12.3 Å². The highest BCUT2D eigenvalue weighted by molar-refractivity contribution is 7.21. The van der Waals surface area contributed by atoms with E-state index >= 15 is 0 Å². The van der Waals surface area contributed by atoms with Crippen molar-refractivity contribution >= 4 is 33.1 Å². The maximum Gasteiger partial charge on any atom is 0.263 e. The van der Waals surface area contributed by atoms with Gasteiger partial charge in [-0.15, -0.1) is 11.3 Å². The number of anilines is 1. The highest BCUT2D eigenvalue weighted by Crippen LogP contribution is 2.31. The summed E-state index contributed by atoms with van der Waals surface area (Å²) in [6.07, 6.45) is 4.11. The molecule has 3 aromatic heterocycles. The van der Waals surface area contributed by atoms with E-state index in [2.05, 4.69) is 15.3 Å². The number of aromatic nitrogens is 2. The lowest BCUT2D eigenvalue weighted by Crippen LogP contribution is -2.25. The van der Waals surface area contributed by atoms with Crippen molar-refractivity contribution in [2.45, 2.75) is 6.42 Å². The van der Waals surface area contributed by atoms with Gasteiger partial charge in [0.2, 0.25) is 0 Å². The van der Waals surface area contributed by atoms with E-state index in [0.29, 0.717) is 29.0 Å². The first-order valence-corrected chi connectivity index (χ1v) is 7.38. The molecule has 1 amide bonds. The average Bonchev–Trinajstić information content (AvgIpc) is 2.86. The molecule has 0 fully saturated rings. The summed E-state index contributed by atoms with van der Waals surface area (Å²) in [6.45, 7) is 0.525. The van der Waals surface area contributed by atoms with Crippen LogP contribution in [0.4, 0.5) is 5.69 Å². The van der Waals surface area contributed by atoms with Crippen LogP contribution >= 0.6 is 11.3 Å². The Morgan fingerprint density at radius 3 is 2.81 bits per heavy atom. The Bertz CT molecular complexity index is 770. The summed E-state index contributed by atoms with van der Waals surface area (Å²) in [6, 6.07) is 9.48. The van der Waals surface area contributed by atoms with Crippen molar-refractivity contribution in [1.29, 1.82) is 0 Å².